The molecule has 1 aliphatic heterocycles. The Balaban J connectivity index is 3.08. The number of hydrogen-bond acceptors (Lipinski definition) is 9. The van der Waals surface area contributed by atoms with Crippen molar-refractivity contribution >= 4 is 46.5 Å². The molecule has 24 heavy (non-hydrogen) atoms. The fourth-order valence-corrected chi connectivity index (χ4v) is 2.99. The van der Waals surface area contributed by atoms with Crippen LogP contribution in [0, 0.1) is 0 Å². The fourth-order valence-electron chi connectivity index (χ4n) is 2.12. The summed E-state index contributed by atoms with van der Waals surface area (Å²) < 4.78 is 25.3. The zero-order chi connectivity index (χ0) is 18.4. The second-order valence-corrected chi connectivity index (χ2v) is 6.49. The molecule has 0 aliphatic carbocycles. The Bertz CT molecular complexity index is 490. The van der Waals surface area contributed by atoms with E-state index in [4.69, 9.17) is 23.7 Å². The Labute approximate surface area is 152 Å². The lowest BCUT2D eigenvalue weighted by Crippen LogP contribution is -2.60. The third kappa shape index (κ3) is 6.23. The summed E-state index contributed by atoms with van der Waals surface area (Å²) in [5, 5.41) is 0. The zero-order valence-corrected chi connectivity index (χ0v) is 15.8. The van der Waals surface area contributed by atoms with Crippen LogP contribution in [0.15, 0.2) is 0 Å². The number of halogens is 1. The Morgan fingerprint density at radius 3 is 1.79 bits per heavy atom. The second-order valence-electron chi connectivity index (χ2n) is 5.05. The number of alkyl halides is 1. The van der Waals surface area contributed by atoms with E-state index in [1.54, 1.807) is 0 Å². The van der Waals surface area contributed by atoms with E-state index in [9.17, 15) is 19.2 Å². The highest BCUT2D eigenvalue weighted by atomic mass is 127. The van der Waals surface area contributed by atoms with Crippen LogP contribution in [-0.2, 0) is 42.9 Å². The van der Waals surface area contributed by atoms with Crippen molar-refractivity contribution in [1.29, 1.82) is 0 Å². The average molecular weight is 458 g/mol. The largest absolute Gasteiger partial charge is 0.463 e. The van der Waals surface area contributed by atoms with E-state index in [0.29, 0.717) is 0 Å². The van der Waals surface area contributed by atoms with Crippen LogP contribution in [-0.4, -0.2) is 59.0 Å². The molecule has 0 spiro atoms. The van der Waals surface area contributed by atoms with Gasteiger partial charge in [0.25, 0.3) is 0 Å². The Morgan fingerprint density at radius 2 is 1.33 bits per heavy atom. The summed E-state index contributed by atoms with van der Waals surface area (Å²) in [6.45, 7) is 4.54. The van der Waals surface area contributed by atoms with E-state index in [1.165, 1.54) is 27.7 Å². The van der Waals surface area contributed by atoms with Crippen LogP contribution in [0.1, 0.15) is 27.7 Å². The summed E-state index contributed by atoms with van der Waals surface area (Å²) in [4.78, 5) is 45.0. The molecule has 0 saturated carbocycles. The molecule has 0 aromatic heterocycles. The van der Waals surface area contributed by atoms with Gasteiger partial charge in [0.1, 0.15) is 16.6 Å². The zero-order valence-electron chi connectivity index (χ0n) is 13.6. The summed E-state index contributed by atoms with van der Waals surface area (Å²) >= 11 is 1.88. The Kier molecular flexibility index (Phi) is 7.87. The SMILES string of the molecule is CC(=O)OC[C@@H]1O[C@H](OC(C)=O)[C@@H](I)[C@H](OC(C)=O)[C@H]1OC(C)=O. The molecule has 1 saturated heterocycles. The standard InChI is InChI=1S/C14H19IO9/c1-6(16)20-5-10-12(21-7(2)17)13(22-8(3)18)11(15)14(24-10)23-9(4)19/h10-14H,5H2,1-4H3/t10-,11-,12-,13-,14-/m0/s1. The molecular weight excluding hydrogens is 439 g/mol. The first kappa shape index (κ1) is 20.6. The number of rotatable bonds is 5. The molecule has 10 heteroatoms. The molecule has 9 nitrogen and oxygen atoms in total. The lowest BCUT2D eigenvalue weighted by Gasteiger charge is -2.42. The number of esters is 4. The summed E-state index contributed by atoms with van der Waals surface area (Å²) in [5.74, 6) is -2.39. The monoisotopic (exact) mass is 458 g/mol. The maximum atomic E-state index is 11.4. The van der Waals surface area contributed by atoms with Crippen LogP contribution in [0.2, 0.25) is 0 Å². The quantitative estimate of drug-likeness (QED) is 0.252. The predicted molar refractivity (Wildman–Crippen MR) is 86.0 cm³/mol. The minimum Gasteiger partial charge on any atom is -0.463 e. The van der Waals surface area contributed by atoms with E-state index < -0.39 is 52.4 Å². The first-order valence-electron chi connectivity index (χ1n) is 7.06. The Hall–Kier alpha value is -1.43. The lowest BCUT2D eigenvalue weighted by atomic mass is 10.0. The van der Waals surface area contributed by atoms with Crippen LogP contribution < -0.4 is 0 Å². The van der Waals surface area contributed by atoms with Crippen molar-refractivity contribution < 1.29 is 42.9 Å². The maximum absolute atomic E-state index is 11.4. The first-order chi connectivity index (χ1) is 11.1. The van der Waals surface area contributed by atoms with Crippen molar-refractivity contribution in [3.63, 3.8) is 0 Å². The summed E-state index contributed by atoms with van der Waals surface area (Å²) in [6, 6.07) is 0. The molecule has 1 aliphatic rings. The maximum Gasteiger partial charge on any atom is 0.304 e. The van der Waals surface area contributed by atoms with E-state index in [1.807, 2.05) is 22.6 Å². The van der Waals surface area contributed by atoms with Gasteiger partial charge in [-0.1, -0.05) is 22.6 Å². The molecule has 136 valence electrons. The topological polar surface area (TPSA) is 114 Å². The van der Waals surface area contributed by atoms with Crippen LogP contribution in [0.5, 0.6) is 0 Å². The highest BCUT2D eigenvalue weighted by molar-refractivity contribution is 14.1. The number of ether oxygens (including phenoxy) is 5. The van der Waals surface area contributed by atoms with Crippen molar-refractivity contribution in [2.24, 2.45) is 0 Å². The first-order valence-corrected chi connectivity index (χ1v) is 8.31. The molecule has 0 bridgehead atoms. The summed E-state index contributed by atoms with van der Waals surface area (Å²) in [7, 11) is 0. The van der Waals surface area contributed by atoms with Gasteiger partial charge in [-0.3, -0.25) is 19.2 Å². The van der Waals surface area contributed by atoms with Gasteiger partial charge >= 0.3 is 23.9 Å². The number of hydrogen-bond donors (Lipinski definition) is 0. The summed E-state index contributed by atoms with van der Waals surface area (Å²) in [6.07, 6.45) is -3.97. The van der Waals surface area contributed by atoms with Crippen LogP contribution in [0.3, 0.4) is 0 Å². The van der Waals surface area contributed by atoms with E-state index in [-0.39, 0.29) is 6.61 Å². The predicted octanol–water partition coefficient (Wildman–Crippen LogP) is 0.504. The smallest absolute Gasteiger partial charge is 0.304 e. The molecule has 0 aromatic rings. The van der Waals surface area contributed by atoms with Gasteiger partial charge in [-0.25, -0.2) is 0 Å². The van der Waals surface area contributed by atoms with Crippen LogP contribution in [0.4, 0.5) is 0 Å². The molecule has 0 radical (unpaired) electrons. The van der Waals surface area contributed by atoms with Crippen LogP contribution >= 0.6 is 22.6 Å². The van der Waals surface area contributed by atoms with Crippen LogP contribution in [0.25, 0.3) is 0 Å². The number of carbonyl (C=O) groups excluding carboxylic acids is 4. The second kappa shape index (κ2) is 9.16. The van der Waals surface area contributed by atoms with E-state index in [2.05, 4.69) is 0 Å². The number of carbonyl (C=O) groups is 4. The van der Waals surface area contributed by atoms with Crippen molar-refractivity contribution in [2.75, 3.05) is 6.61 Å². The molecule has 1 rings (SSSR count). The molecule has 1 heterocycles. The molecule has 1 fully saturated rings. The van der Waals surface area contributed by atoms with E-state index in [0.717, 1.165) is 0 Å². The highest BCUT2D eigenvalue weighted by Crippen LogP contribution is 2.32. The molecular formula is C14H19IO9. The van der Waals surface area contributed by atoms with Gasteiger partial charge < -0.3 is 23.7 Å². The van der Waals surface area contributed by atoms with Gasteiger partial charge in [0.05, 0.1) is 0 Å². The fraction of sp³-hybridized carbons (Fsp3) is 0.714. The van der Waals surface area contributed by atoms with Crippen molar-refractivity contribution in [3.05, 3.63) is 0 Å². The van der Waals surface area contributed by atoms with Crippen molar-refractivity contribution in [1.82, 2.24) is 0 Å². The average Bonchev–Trinajstić information content (AvgIpc) is 2.42. The minimum atomic E-state index is -1.06. The van der Waals surface area contributed by atoms with Gasteiger partial charge in [-0.2, -0.15) is 0 Å². The van der Waals surface area contributed by atoms with E-state index >= 15 is 0 Å². The van der Waals surface area contributed by atoms with Gasteiger partial charge in [0.2, 0.25) is 6.29 Å². The minimum absolute atomic E-state index is 0.258. The Morgan fingerprint density at radius 1 is 0.833 bits per heavy atom. The molecule has 0 unspecified atom stereocenters. The normalized spacial score (nSPS) is 29.3. The third-order valence-electron chi connectivity index (χ3n) is 2.91. The van der Waals surface area contributed by atoms with Gasteiger partial charge in [-0.15, -0.1) is 0 Å². The van der Waals surface area contributed by atoms with Crippen molar-refractivity contribution in [3.8, 4) is 0 Å². The molecule has 0 N–H and O–H groups in total. The lowest BCUT2D eigenvalue weighted by molar-refractivity contribution is -0.254. The van der Waals surface area contributed by atoms with Crippen molar-refractivity contribution in [2.45, 2.75) is 56.2 Å². The third-order valence-corrected chi connectivity index (χ3v) is 4.21. The summed E-state index contributed by atoms with van der Waals surface area (Å²) in [5.41, 5.74) is 0. The molecule has 5 atom stereocenters. The van der Waals surface area contributed by atoms with Gasteiger partial charge in [-0.05, 0) is 0 Å². The highest BCUT2D eigenvalue weighted by Gasteiger charge is 2.50. The van der Waals surface area contributed by atoms with Gasteiger partial charge in [0, 0.05) is 27.7 Å². The molecule has 0 aromatic carbocycles. The van der Waals surface area contributed by atoms with Gasteiger partial charge in [0.15, 0.2) is 12.2 Å². The molecule has 0 amide bonds.